The maximum atomic E-state index is 5.32. The maximum absolute atomic E-state index is 5.32. The van der Waals surface area contributed by atoms with Crippen LogP contribution in [0.25, 0.3) is 0 Å². The lowest BCUT2D eigenvalue weighted by molar-refractivity contribution is -0.209. The molecule has 13 heavy (non-hydrogen) atoms. The largest absolute Gasteiger partial charge is 0.444 e. The van der Waals surface area contributed by atoms with E-state index in [0.29, 0.717) is 0 Å². The molecule has 0 radical (unpaired) electrons. The van der Waals surface area contributed by atoms with Crippen molar-refractivity contribution in [2.24, 2.45) is 0 Å². The molecule has 6 heteroatoms. The molecule has 2 aliphatic heterocycles. The van der Waals surface area contributed by atoms with E-state index < -0.39 is 12.6 Å². The van der Waals surface area contributed by atoms with Gasteiger partial charge >= 0.3 is 5.24 Å². The SMILES string of the molecule is COC1OC(OC)C2OC(=S)OC12. The first-order valence-corrected chi connectivity index (χ1v) is 4.25. The fourth-order valence-corrected chi connectivity index (χ4v) is 1.69. The third kappa shape index (κ3) is 1.39. The fourth-order valence-electron chi connectivity index (χ4n) is 1.47. The van der Waals surface area contributed by atoms with E-state index in [1.54, 1.807) is 0 Å². The van der Waals surface area contributed by atoms with Crippen molar-refractivity contribution >= 4 is 17.5 Å². The summed E-state index contributed by atoms with van der Waals surface area (Å²) in [4.78, 5) is 0. The number of fused-ring (bicyclic) bond motifs is 1. The molecule has 0 aromatic heterocycles. The molecule has 2 saturated heterocycles. The molecule has 4 atom stereocenters. The van der Waals surface area contributed by atoms with Crippen LogP contribution < -0.4 is 0 Å². The molecule has 0 aromatic rings. The van der Waals surface area contributed by atoms with Crippen molar-refractivity contribution in [3.63, 3.8) is 0 Å². The van der Waals surface area contributed by atoms with E-state index in [1.165, 1.54) is 14.2 Å². The van der Waals surface area contributed by atoms with Gasteiger partial charge in [-0.05, 0) is 0 Å². The van der Waals surface area contributed by atoms with Crippen LogP contribution in [0, 0.1) is 0 Å². The molecule has 2 heterocycles. The zero-order valence-corrected chi connectivity index (χ0v) is 8.08. The molecule has 0 aromatic carbocycles. The monoisotopic (exact) mass is 206 g/mol. The Balaban J connectivity index is 2.11. The van der Waals surface area contributed by atoms with Crippen molar-refractivity contribution in [1.29, 1.82) is 0 Å². The highest BCUT2D eigenvalue weighted by Gasteiger charge is 2.53. The van der Waals surface area contributed by atoms with Crippen molar-refractivity contribution in [3.8, 4) is 0 Å². The second-order valence-electron chi connectivity index (χ2n) is 2.76. The second kappa shape index (κ2) is 3.38. The summed E-state index contributed by atoms with van der Waals surface area (Å²) in [5.41, 5.74) is 0. The highest BCUT2D eigenvalue weighted by atomic mass is 32.1. The van der Waals surface area contributed by atoms with Gasteiger partial charge in [-0.2, -0.15) is 0 Å². The van der Waals surface area contributed by atoms with E-state index in [1.807, 2.05) is 0 Å². The predicted molar refractivity (Wildman–Crippen MR) is 45.0 cm³/mol. The Labute approximate surface area is 80.8 Å². The van der Waals surface area contributed by atoms with Gasteiger partial charge in [0, 0.05) is 26.4 Å². The van der Waals surface area contributed by atoms with E-state index in [0.717, 1.165) is 0 Å². The lowest BCUT2D eigenvalue weighted by atomic mass is 10.2. The van der Waals surface area contributed by atoms with Gasteiger partial charge in [0.2, 0.25) is 12.6 Å². The van der Waals surface area contributed by atoms with Crippen LogP contribution in [0.5, 0.6) is 0 Å². The number of ether oxygens (including phenoxy) is 5. The Morgan fingerprint density at radius 1 is 1.08 bits per heavy atom. The average Bonchev–Trinajstić information content (AvgIpc) is 2.61. The van der Waals surface area contributed by atoms with Crippen LogP contribution in [0.15, 0.2) is 0 Å². The molecule has 0 saturated carbocycles. The topological polar surface area (TPSA) is 46.2 Å². The fraction of sp³-hybridized carbons (Fsp3) is 0.857. The van der Waals surface area contributed by atoms with Gasteiger partial charge < -0.3 is 23.7 Å². The number of methoxy groups -OCH3 is 2. The molecule has 5 nitrogen and oxygen atoms in total. The Hall–Kier alpha value is -0.430. The Morgan fingerprint density at radius 2 is 1.54 bits per heavy atom. The van der Waals surface area contributed by atoms with E-state index >= 15 is 0 Å². The number of hydrogen-bond acceptors (Lipinski definition) is 6. The highest BCUT2D eigenvalue weighted by Crippen LogP contribution is 2.32. The first-order chi connectivity index (χ1) is 6.26. The molecule has 0 spiro atoms. The van der Waals surface area contributed by atoms with Gasteiger partial charge in [0.15, 0.2) is 12.2 Å². The minimum atomic E-state index is -0.476. The summed E-state index contributed by atoms with van der Waals surface area (Å²) < 4.78 is 25.8. The Morgan fingerprint density at radius 3 is 1.92 bits per heavy atom. The van der Waals surface area contributed by atoms with Gasteiger partial charge in [-0.25, -0.2) is 0 Å². The van der Waals surface area contributed by atoms with E-state index in [2.05, 4.69) is 0 Å². The molecule has 0 amide bonds. The number of rotatable bonds is 2. The summed E-state index contributed by atoms with van der Waals surface area (Å²) in [5, 5.41) is 0.127. The van der Waals surface area contributed by atoms with Gasteiger partial charge in [0.05, 0.1) is 0 Å². The summed E-state index contributed by atoms with van der Waals surface area (Å²) >= 11 is 4.76. The minimum Gasteiger partial charge on any atom is -0.444 e. The van der Waals surface area contributed by atoms with Crippen molar-refractivity contribution < 1.29 is 23.7 Å². The Kier molecular flexibility index (Phi) is 2.37. The van der Waals surface area contributed by atoms with E-state index in [4.69, 9.17) is 35.9 Å². The molecule has 0 aliphatic carbocycles. The van der Waals surface area contributed by atoms with E-state index in [9.17, 15) is 0 Å². The quantitative estimate of drug-likeness (QED) is 0.594. The van der Waals surface area contributed by atoms with Crippen molar-refractivity contribution in [2.75, 3.05) is 14.2 Å². The standard InChI is InChI=1S/C7H10O5S/c1-8-5-3-4(6(9-2)12-5)11-7(13)10-3/h3-6H,1-2H3. The average molecular weight is 206 g/mol. The van der Waals surface area contributed by atoms with Gasteiger partial charge in [-0.1, -0.05) is 0 Å². The summed E-state index contributed by atoms with van der Waals surface area (Å²) in [6, 6.07) is 0. The second-order valence-corrected chi connectivity index (χ2v) is 3.09. The van der Waals surface area contributed by atoms with Crippen molar-refractivity contribution in [2.45, 2.75) is 24.8 Å². The first kappa shape index (κ1) is 9.14. The summed E-state index contributed by atoms with van der Waals surface area (Å²) in [5.74, 6) is 0. The molecule has 2 aliphatic rings. The van der Waals surface area contributed by atoms with Gasteiger partial charge in [0.1, 0.15) is 0 Å². The Bertz CT molecular complexity index is 201. The van der Waals surface area contributed by atoms with Crippen molar-refractivity contribution in [3.05, 3.63) is 0 Å². The lowest BCUT2D eigenvalue weighted by Crippen LogP contribution is -2.30. The molecule has 0 N–H and O–H groups in total. The summed E-state index contributed by atoms with van der Waals surface area (Å²) in [6.07, 6.45) is -1.59. The van der Waals surface area contributed by atoms with Crippen LogP contribution in [0.1, 0.15) is 0 Å². The van der Waals surface area contributed by atoms with Gasteiger partial charge in [-0.3, -0.25) is 0 Å². The third-order valence-electron chi connectivity index (χ3n) is 2.06. The third-order valence-corrected chi connectivity index (χ3v) is 2.25. The zero-order valence-electron chi connectivity index (χ0n) is 7.26. The van der Waals surface area contributed by atoms with Crippen LogP contribution in [0.3, 0.4) is 0 Å². The summed E-state index contributed by atoms with van der Waals surface area (Å²) in [6.45, 7) is 0. The highest BCUT2D eigenvalue weighted by molar-refractivity contribution is 7.79. The molecule has 2 rings (SSSR count). The van der Waals surface area contributed by atoms with Crippen LogP contribution in [0.4, 0.5) is 0 Å². The van der Waals surface area contributed by atoms with Gasteiger partial charge in [-0.15, -0.1) is 0 Å². The molecule has 2 fully saturated rings. The molecule has 4 unspecified atom stereocenters. The number of hydrogen-bond donors (Lipinski definition) is 0. The summed E-state index contributed by atoms with van der Waals surface area (Å²) in [7, 11) is 3.06. The normalized spacial score (nSPS) is 42.8. The number of thiocarbonyl (C=S) groups is 1. The van der Waals surface area contributed by atoms with Crippen LogP contribution in [-0.4, -0.2) is 44.2 Å². The van der Waals surface area contributed by atoms with Crippen LogP contribution in [-0.2, 0) is 23.7 Å². The molecular formula is C7H10O5S. The molecular weight excluding hydrogens is 196 g/mol. The van der Waals surface area contributed by atoms with E-state index in [-0.39, 0.29) is 17.4 Å². The lowest BCUT2D eigenvalue weighted by Gasteiger charge is -2.13. The first-order valence-electron chi connectivity index (χ1n) is 3.84. The van der Waals surface area contributed by atoms with Crippen LogP contribution >= 0.6 is 12.2 Å². The smallest absolute Gasteiger partial charge is 0.353 e. The minimum absolute atomic E-state index is 0.127. The zero-order chi connectivity index (χ0) is 9.42. The van der Waals surface area contributed by atoms with Gasteiger partial charge in [0.25, 0.3) is 0 Å². The molecule has 0 bridgehead atoms. The molecule has 74 valence electrons. The van der Waals surface area contributed by atoms with Crippen molar-refractivity contribution in [1.82, 2.24) is 0 Å². The van der Waals surface area contributed by atoms with Crippen LogP contribution in [0.2, 0.25) is 0 Å². The predicted octanol–water partition coefficient (Wildman–Crippen LogP) is 0.0305. The maximum Gasteiger partial charge on any atom is 0.353 e.